The van der Waals surface area contributed by atoms with Gasteiger partial charge in [-0.15, -0.1) is 0 Å². The van der Waals surface area contributed by atoms with Crippen molar-refractivity contribution in [2.45, 2.75) is 38.6 Å². The van der Waals surface area contributed by atoms with Gasteiger partial charge in [-0.3, -0.25) is 4.79 Å². The zero-order valence-corrected chi connectivity index (χ0v) is 15.0. The van der Waals surface area contributed by atoms with Crippen molar-refractivity contribution in [3.8, 4) is 5.75 Å². The maximum absolute atomic E-state index is 13.3. The van der Waals surface area contributed by atoms with E-state index in [9.17, 15) is 4.79 Å². The molecule has 0 unspecified atom stereocenters. The minimum Gasteiger partial charge on any atom is -0.494 e. The van der Waals surface area contributed by atoms with Crippen molar-refractivity contribution >= 4 is 5.78 Å². The van der Waals surface area contributed by atoms with Crippen molar-refractivity contribution in [1.29, 1.82) is 0 Å². The van der Waals surface area contributed by atoms with Crippen molar-refractivity contribution in [3.05, 3.63) is 65.7 Å². The van der Waals surface area contributed by atoms with Crippen LogP contribution in [0.2, 0.25) is 0 Å². The summed E-state index contributed by atoms with van der Waals surface area (Å²) >= 11 is 0. The van der Waals surface area contributed by atoms with Crippen LogP contribution in [0.15, 0.2) is 54.6 Å². The van der Waals surface area contributed by atoms with Gasteiger partial charge in [0.05, 0.1) is 19.7 Å². The Morgan fingerprint density at radius 2 is 1.68 bits per heavy atom. The highest BCUT2D eigenvalue weighted by Gasteiger charge is 2.31. The number of quaternary nitrogens is 1. The number of piperidine rings is 1. The molecule has 2 aromatic carbocycles. The Bertz CT molecular complexity index is 660. The van der Waals surface area contributed by atoms with E-state index in [1.165, 1.54) is 29.7 Å². The van der Waals surface area contributed by atoms with Crippen LogP contribution in [0.5, 0.6) is 5.75 Å². The van der Waals surface area contributed by atoms with Gasteiger partial charge in [0.1, 0.15) is 5.75 Å². The maximum atomic E-state index is 13.3. The number of carbonyl (C=O) groups is 1. The molecule has 1 fully saturated rings. The molecule has 132 valence electrons. The fourth-order valence-electron chi connectivity index (χ4n) is 3.71. The molecular weight excluding hydrogens is 310 g/mol. The SMILES string of the molecule is CCOc1ccc(C(=O)[C@H](Cc2ccccc2)[NH+]2CCCCC2)cc1. The number of hydrogen-bond acceptors (Lipinski definition) is 2. The first-order valence-electron chi connectivity index (χ1n) is 9.43. The van der Waals surface area contributed by atoms with Gasteiger partial charge in [0.25, 0.3) is 0 Å². The number of carbonyl (C=O) groups excluding carboxylic acids is 1. The summed E-state index contributed by atoms with van der Waals surface area (Å²) in [5.41, 5.74) is 2.03. The van der Waals surface area contributed by atoms with Crippen LogP contribution in [-0.2, 0) is 6.42 Å². The maximum Gasteiger partial charge on any atom is 0.220 e. The van der Waals surface area contributed by atoms with Crippen LogP contribution in [0, 0.1) is 0 Å². The van der Waals surface area contributed by atoms with E-state index in [0.29, 0.717) is 6.61 Å². The fourth-order valence-corrected chi connectivity index (χ4v) is 3.71. The van der Waals surface area contributed by atoms with Crippen LogP contribution in [0.25, 0.3) is 0 Å². The lowest BCUT2D eigenvalue weighted by Gasteiger charge is -2.31. The lowest BCUT2D eigenvalue weighted by atomic mass is 9.94. The molecule has 0 aliphatic carbocycles. The Morgan fingerprint density at radius 3 is 2.32 bits per heavy atom. The topological polar surface area (TPSA) is 30.7 Å². The summed E-state index contributed by atoms with van der Waals surface area (Å²) in [6, 6.07) is 18.0. The van der Waals surface area contributed by atoms with Gasteiger partial charge in [-0.1, -0.05) is 30.3 Å². The number of rotatable bonds is 7. The standard InChI is InChI=1S/C22H27NO2/c1-2-25-20-13-11-19(12-14-20)22(24)21(23-15-7-4-8-16-23)17-18-9-5-3-6-10-18/h3,5-6,9-14,21H,2,4,7-8,15-17H2,1H3/p+1/t21-/m0/s1. The molecule has 0 spiro atoms. The third-order valence-corrected chi connectivity index (χ3v) is 5.04. The number of ether oxygens (including phenoxy) is 1. The number of benzene rings is 2. The molecule has 0 bridgehead atoms. The molecule has 0 aromatic heterocycles. The predicted octanol–water partition coefficient (Wildman–Crippen LogP) is 2.95. The molecule has 1 aliphatic heterocycles. The van der Waals surface area contributed by atoms with Crippen molar-refractivity contribution in [1.82, 2.24) is 0 Å². The molecule has 3 heteroatoms. The second kappa shape index (κ2) is 8.82. The first-order valence-corrected chi connectivity index (χ1v) is 9.43. The fraction of sp³-hybridized carbons (Fsp3) is 0.409. The lowest BCUT2D eigenvalue weighted by Crippen LogP contribution is -3.17. The average molecular weight is 338 g/mol. The van der Waals surface area contributed by atoms with E-state index in [1.54, 1.807) is 0 Å². The highest BCUT2D eigenvalue weighted by atomic mass is 16.5. The minimum atomic E-state index is 0.000596. The molecule has 2 aromatic rings. The van der Waals surface area contributed by atoms with Gasteiger partial charge in [0, 0.05) is 12.0 Å². The lowest BCUT2D eigenvalue weighted by molar-refractivity contribution is -0.920. The number of likely N-dealkylation sites (tertiary alicyclic amines) is 1. The smallest absolute Gasteiger partial charge is 0.220 e. The van der Waals surface area contributed by atoms with E-state index in [1.807, 2.05) is 37.3 Å². The summed E-state index contributed by atoms with van der Waals surface area (Å²) in [4.78, 5) is 14.7. The zero-order chi connectivity index (χ0) is 17.5. The first-order chi connectivity index (χ1) is 12.3. The summed E-state index contributed by atoms with van der Waals surface area (Å²) < 4.78 is 5.50. The van der Waals surface area contributed by atoms with Crippen LogP contribution >= 0.6 is 0 Å². The molecule has 1 N–H and O–H groups in total. The van der Waals surface area contributed by atoms with Crippen LogP contribution in [0.1, 0.15) is 42.1 Å². The third-order valence-electron chi connectivity index (χ3n) is 5.04. The van der Waals surface area contributed by atoms with Crippen LogP contribution in [-0.4, -0.2) is 31.5 Å². The quantitative estimate of drug-likeness (QED) is 0.787. The van der Waals surface area contributed by atoms with E-state index >= 15 is 0 Å². The summed E-state index contributed by atoms with van der Waals surface area (Å²) in [7, 11) is 0. The van der Waals surface area contributed by atoms with Crippen LogP contribution in [0.3, 0.4) is 0 Å². The average Bonchev–Trinajstić information content (AvgIpc) is 2.68. The molecule has 0 amide bonds. The van der Waals surface area contributed by atoms with Crippen molar-refractivity contribution < 1.29 is 14.4 Å². The highest BCUT2D eigenvalue weighted by molar-refractivity contribution is 5.99. The van der Waals surface area contributed by atoms with Gasteiger partial charge in [0.2, 0.25) is 5.78 Å². The van der Waals surface area contributed by atoms with E-state index < -0.39 is 0 Å². The van der Waals surface area contributed by atoms with Crippen LogP contribution in [0.4, 0.5) is 0 Å². The molecule has 1 aliphatic rings. The normalized spacial score (nSPS) is 16.4. The van der Waals surface area contributed by atoms with Crippen molar-refractivity contribution in [2.24, 2.45) is 0 Å². The second-order valence-corrected chi connectivity index (χ2v) is 6.78. The number of nitrogens with one attached hydrogen (secondary N) is 1. The molecule has 1 atom stereocenters. The van der Waals surface area contributed by atoms with E-state index in [0.717, 1.165) is 30.8 Å². The van der Waals surface area contributed by atoms with Gasteiger partial charge < -0.3 is 9.64 Å². The van der Waals surface area contributed by atoms with Gasteiger partial charge in [-0.05, 0) is 56.0 Å². The number of Topliss-reactive ketones (excluding diaryl/α,β-unsaturated/α-hetero) is 1. The summed E-state index contributed by atoms with van der Waals surface area (Å²) in [6.45, 7) is 4.80. The van der Waals surface area contributed by atoms with Crippen molar-refractivity contribution in [2.75, 3.05) is 19.7 Å². The van der Waals surface area contributed by atoms with Gasteiger partial charge in [-0.2, -0.15) is 0 Å². The molecule has 1 saturated heterocycles. The summed E-state index contributed by atoms with van der Waals surface area (Å²) in [5.74, 6) is 1.08. The molecule has 3 rings (SSSR count). The van der Waals surface area contributed by atoms with Gasteiger partial charge in [-0.25, -0.2) is 0 Å². The molecule has 25 heavy (non-hydrogen) atoms. The summed E-state index contributed by atoms with van der Waals surface area (Å²) in [6.07, 6.45) is 4.54. The molecule has 3 nitrogen and oxygen atoms in total. The monoisotopic (exact) mass is 338 g/mol. The molecule has 0 radical (unpaired) electrons. The largest absolute Gasteiger partial charge is 0.494 e. The van der Waals surface area contributed by atoms with Crippen LogP contribution < -0.4 is 9.64 Å². The Hall–Kier alpha value is -2.13. The molecular formula is C22H28NO2+. The van der Waals surface area contributed by atoms with E-state index in [2.05, 4.69) is 24.3 Å². The zero-order valence-electron chi connectivity index (χ0n) is 15.0. The highest BCUT2D eigenvalue weighted by Crippen LogP contribution is 2.15. The van der Waals surface area contributed by atoms with Gasteiger partial charge >= 0.3 is 0 Å². The number of hydrogen-bond donors (Lipinski definition) is 1. The van der Waals surface area contributed by atoms with Gasteiger partial charge in [0.15, 0.2) is 6.04 Å². The summed E-state index contributed by atoms with van der Waals surface area (Å²) in [5, 5.41) is 0. The van der Waals surface area contributed by atoms with E-state index in [4.69, 9.17) is 4.74 Å². The first kappa shape index (κ1) is 17.7. The minimum absolute atomic E-state index is 0.000596. The van der Waals surface area contributed by atoms with E-state index in [-0.39, 0.29) is 11.8 Å². The Labute approximate surface area is 150 Å². The number of ketones is 1. The third kappa shape index (κ3) is 4.70. The Kier molecular flexibility index (Phi) is 6.24. The Morgan fingerprint density at radius 1 is 1.00 bits per heavy atom. The Balaban J connectivity index is 1.80. The molecule has 0 saturated carbocycles. The molecule has 1 heterocycles. The van der Waals surface area contributed by atoms with Crippen molar-refractivity contribution in [3.63, 3.8) is 0 Å². The second-order valence-electron chi connectivity index (χ2n) is 6.78. The predicted molar refractivity (Wildman–Crippen MR) is 100 cm³/mol.